The van der Waals surface area contributed by atoms with Crippen LogP contribution in [0.5, 0.6) is 0 Å². The number of benzene rings is 1. The number of hydrogen-bond donors (Lipinski definition) is 1. The van der Waals surface area contributed by atoms with Gasteiger partial charge in [-0.3, -0.25) is 0 Å². The van der Waals surface area contributed by atoms with Crippen LogP contribution in [-0.2, 0) is 6.54 Å². The lowest BCUT2D eigenvalue weighted by Gasteiger charge is -2.28. The standard InChI is InChI=1S/C16H27N/c1-5-11-16(3,4)12-14(2)17-13-15-9-7-6-8-10-15/h6-10,14,17H,5,11-13H2,1-4H3. The van der Waals surface area contributed by atoms with Gasteiger partial charge in [0.1, 0.15) is 0 Å². The van der Waals surface area contributed by atoms with Crippen LogP contribution < -0.4 is 5.32 Å². The monoisotopic (exact) mass is 233 g/mol. The van der Waals surface area contributed by atoms with E-state index in [1.54, 1.807) is 0 Å². The molecule has 1 aromatic rings. The van der Waals surface area contributed by atoms with Gasteiger partial charge in [-0.2, -0.15) is 0 Å². The Morgan fingerprint density at radius 3 is 2.41 bits per heavy atom. The van der Waals surface area contributed by atoms with Crippen molar-refractivity contribution >= 4 is 0 Å². The van der Waals surface area contributed by atoms with Crippen molar-refractivity contribution in [1.29, 1.82) is 0 Å². The van der Waals surface area contributed by atoms with Gasteiger partial charge in [0, 0.05) is 12.6 Å². The number of rotatable bonds is 7. The van der Waals surface area contributed by atoms with E-state index in [1.807, 2.05) is 0 Å². The van der Waals surface area contributed by atoms with Crippen LogP contribution in [0.4, 0.5) is 0 Å². The first-order chi connectivity index (χ1) is 8.03. The van der Waals surface area contributed by atoms with Crippen molar-refractivity contribution in [2.24, 2.45) is 5.41 Å². The minimum Gasteiger partial charge on any atom is -0.310 e. The van der Waals surface area contributed by atoms with Crippen molar-refractivity contribution in [3.63, 3.8) is 0 Å². The molecule has 0 bridgehead atoms. The molecule has 0 radical (unpaired) electrons. The van der Waals surface area contributed by atoms with Crippen LogP contribution in [0, 0.1) is 5.41 Å². The fourth-order valence-electron chi connectivity index (χ4n) is 2.57. The zero-order chi connectivity index (χ0) is 12.7. The van der Waals surface area contributed by atoms with Crippen LogP contribution in [-0.4, -0.2) is 6.04 Å². The Labute approximate surface area is 107 Å². The molecule has 1 nitrogen and oxygen atoms in total. The van der Waals surface area contributed by atoms with Crippen LogP contribution in [0.15, 0.2) is 30.3 Å². The highest BCUT2D eigenvalue weighted by Crippen LogP contribution is 2.28. The molecule has 1 atom stereocenters. The fraction of sp³-hybridized carbons (Fsp3) is 0.625. The Morgan fingerprint density at radius 1 is 1.18 bits per heavy atom. The molecular formula is C16H27N. The lowest BCUT2D eigenvalue weighted by atomic mass is 9.82. The molecule has 0 spiro atoms. The first-order valence-corrected chi connectivity index (χ1v) is 6.81. The first-order valence-electron chi connectivity index (χ1n) is 6.81. The maximum absolute atomic E-state index is 3.61. The molecule has 0 aliphatic rings. The van der Waals surface area contributed by atoms with Gasteiger partial charge < -0.3 is 5.32 Å². The number of nitrogens with one attached hydrogen (secondary N) is 1. The van der Waals surface area contributed by atoms with Gasteiger partial charge in [0.25, 0.3) is 0 Å². The average Bonchev–Trinajstić information content (AvgIpc) is 2.27. The Kier molecular flexibility index (Phi) is 5.70. The van der Waals surface area contributed by atoms with Gasteiger partial charge in [-0.25, -0.2) is 0 Å². The smallest absolute Gasteiger partial charge is 0.0207 e. The molecule has 0 saturated carbocycles. The second kappa shape index (κ2) is 6.80. The Morgan fingerprint density at radius 2 is 1.82 bits per heavy atom. The second-order valence-electron chi connectivity index (χ2n) is 5.89. The summed E-state index contributed by atoms with van der Waals surface area (Å²) in [6.45, 7) is 10.3. The summed E-state index contributed by atoms with van der Waals surface area (Å²) in [5.41, 5.74) is 1.82. The molecular weight excluding hydrogens is 206 g/mol. The minimum absolute atomic E-state index is 0.456. The maximum Gasteiger partial charge on any atom is 0.0207 e. The summed E-state index contributed by atoms with van der Waals surface area (Å²) in [4.78, 5) is 0. The lowest BCUT2D eigenvalue weighted by molar-refractivity contribution is 0.265. The Balaban J connectivity index is 2.33. The molecule has 0 heterocycles. The molecule has 0 saturated heterocycles. The molecule has 1 rings (SSSR count). The van der Waals surface area contributed by atoms with Crippen LogP contribution in [0.3, 0.4) is 0 Å². The third kappa shape index (κ3) is 5.88. The summed E-state index contributed by atoms with van der Waals surface area (Å²) in [6, 6.07) is 11.2. The minimum atomic E-state index is 0.456. The van der Waals surface area contributed by atoms with E-state index in [9.17, 15) is 0 Å². The second-order valence-corrected chi connectivity index (χ2v) is 5.89. The van der Waals surface area contributed by atoms with E-state index in [2.05, 4.69) is 63.3 Å². The van der Waals surface area contributed by atoms with Crippen molar-refractivity contribution in [3.05, 3.63) is 35.9 Å². The molecule has 1 unspecified atom stereocenters. The van der Waals surface area contributed by atoms with Gasteiger partial charge in [-0.1, -0.05) is 57.5 Å². The van der Waals surface area contributed by atoms with Crippen molar-refractivity contribution in [2.45, 2.75) is 59.5 Å². The summed E-state index contributed by atoms with van der Waals surface area (Å²) in [5.74, 6) is 0. The number of hydrogen-bond acceptors (Lipinski definition) is 1. The van der Waals surface area contributed by atoms with E-state index in [0.717, 1.165) is 6.54 Å². The van der Waals surface area contributed by atoms with E-state index < -0.39 is 0 Å². The predicted molar refractivity (Wildman–Crippen MR) is 76.0 cm³/mol. The first kappa shape index (κ1) is 14.2. The van der Waals surface area contributed by atoms with E-state index in [1.165, 1.54) is 24.8 Å². The fourth-order valence-corrected chi connectivity index (χ4v) is 2.57. The predicted octanol–water partition coefficient (Wildman–Crippen LogP) is 4.38. The zero-order valence-electron chi connectivity index (χ0n) is 11.8. The molecule has 1 N–H and O–H groups in total. The highest BCUT2D eigenvalue weighted by Gasteiger charge is 2.19. The summed E-state index contributed by atoms with van der Waals surface area (Å²) in [5, 5.41) is 3.61. The van der Waals surface area contributed by atoms with Gasteiger partial charge >= 0.3 is 0 Å². The van der Waals surface area contributed by atoms with Gasteiger partial charge in [0.05, 0.1) is 0 Å². The molecule has 0 amide bonds. The van der Waals surface area contributed by atoms with Gasteiger partial charge in [-0.05, 0) is 30.7 Å². The largest absolute Gasteiger partial charge is 0.310 e. The van der Waals surface area contributed by atoms with Gasteiger partial charge in [-0.15, -0.1) is 0 Å². The SMILES string of the molecule is CCCC(C)(C)CC(C)NCc1ccccc1. The quantitative estimate of drug-likeness (QED) is 0.737. The van der Waals surface area contributed by atoms with Crippen LogP contribution >= 0.6 is 0 Å². The van der Waals surface area contributed by atoms with Gasteiger partial charge in [0.2, 0.25) is 0 Å². The third-order valence-corrected chi connectivity index (χ3v) is 3.28. The Bertz CT molecular complexity index is 303. The van der Waals surface area contributed by atoms with E-state index >= 15 is 0 Å². The third-order valence-electron chi connectivity index (χ3n) is 3.28. The molecule has 1 heteroatoms. The summed E-state index contributed by atoms with van der Waals surface area (Å²) < 4.78 is 0. The molecule has 0 fully saturated rings. The van der Waals surface area contributed by atoms with Crippen LogP contribution in [0.1, 0.15) is 52.5 Å². The summed E-state index contributed by atoms with van der Waals surface area (Å²) >= 11 is 0. The van der Waals surface area contributed by atoms with E-state index in [4.69, 9.17) is 0 Å². The molecule has 0 aliphatic heterocycles. The van der Waals surface area contributed by atoms with Crippen LogP contribution in [0.25, 0.3) is 0 Å². The van der Waals surface area contributed by atoms with E-state index in [0.29, 0.717) is 11.5 Å². The van der Waals surface area contributed by atoms with Crippen molar-refractivity contribution in [2.75, 3.05) is 0 Å². The maximum atomic E-state index is 3.61. The molecule has 0 aliphatic carbocycles. The van der Waals surface area contributed by atoms with Crippen molar-refractivity contribution in [1.82, 2.24) is 5.32 Å². The lowest BCUT2D eigenvalue weighted by Crippen LogP contribution is -2.30. The van der Waals surface area contributed by atoms with Crippen molar-refractivity contribution in [3.8, 4) is 0 Å². The Hall–Kier alpha value is -0.820. The topological polar surface area (TPSA) is 12.0 Å². The zero-order valence-corrected chi connectivity index (χ0v) is 11.8. The molecule has 1 aromatic carbocycles. The van der Waals surface area contributed by atoms with E-state index in [-0.39, 0.29) is 0 Å². The normalized spacial score (nSPS) is 13.6. The molecule has 17 heavy (non-hydrogen) atoms. The average molecular weight is 233 g/mol. The molecule has 0 aromatic heterocycles. The highest BCUT2D eigenvalue weighted by molar-refractivity contribution is 5.14. The summed E-state index contributed by atoms with van der Waals surface area (Å²) in [6.07, 6.45) is 3.83. The van der Waals surface area contributed by atoms with Crippen LogP contribution in [0.2, 0.25) is 0 Å². The molecule has 96 valence electrons. The summed E-state index contributed by atoms with van der Waals surface area (Å²) in [7, 11) is 0. The van der Waals surface area contributed by atoms with Crippen molar-refractivity contribution < 1.29 is 0 Å². The highest BCUT2D eigenvalue weighted by atomic mass is 14.9. The van der Waals surface area contributed by atoms with Gasteiger partial charge in [0.15, 0.2) is 0 Å².